The first kappa shape index (κ1) is 12.4. The summed E-state index contributed by atoms with van der Waals surface area (Å²) in [5.41, 5.74) is 2.15. The lowest BCUT2D eigenvalue weighted by atomic mass is 10.2. The minimum absolute atomic E-state index is 0.290. The third-order valence-corrected chi connectivity index (χ3v) is 3.15. The molecule has 0 aliphatic rings. The quantitative estimate of drug-likeness (QED) is 0.780. The van der Waals surface area contributed by atoms with Gasteiger partial charge < -0.3 is 5.32 Å². The van der Waals surface area contributed by atoms with Crippen LogP contribution in [0.1, 0.15) is 5.56 Å². The van der Waals surface area contributed by atoms with E-state index in [2.05, 4.69) is 21.2 Å². The van der Waals surface area contributed by atoms with Crippen LogP contribution >= 0.6 is 27.5 Å². The van der Waals surface area contributed by atoms with Gasteiger partial charge in [0.05, 0.1) is 5.69 Å². The average molecular weight is 315 g/mol. The summed E-state index contributed by atoms with van der Waals surface area (Å²) in [7, 11) is 0. The van der Waals surface area contributed by atoms with E-state index in [1.807, 2.05) is 24.3 Å². The van der Waals surface area contributed by atoms with Crippen LogP contribution in [0, 0.1) is 5.82 Å². The zero-order valence-corrected chi connectivity index (χ0v) is 11.2. The van der Waals surface area contributed by atoms with Gasteiger partial charge in [0.25, 0.3) is 0 Å². The van der Waals surface area contributed by atoms with Crippen LogP contribution in [0.4, 0.5) is 15.8 Å². The van der Waals surface area contributed by atoms with Crippen LogP contribution in [0.2, 0.25) is 0 Å². The maximum absolute atomic E-state index is 13.6. The molecule has 1 N–H and O–H groups in total. The standard InChI is InChI=1S/C13H10BrClFN/c14-10-2-4-11(5-3-10)17-13-7-9(8-15)1-6-12(13)16/h1-7,17H,8H2. The van der Waals surface area contributed by atoms with Crippen LogP contribution in [0.5, 0.6) is 0 Å². The number of nitrogens with one attached hydrogen (secondary N) is 1. The Balaban J connectivity index is 2.25. The summed E-state index contributed by atoms with van der Waals surface area (Å²) in [6.45, 7) is 0. The van der Waals surface area contributed by atoms with Gasteiger partial charge in [-0.15, -0.1) is 11.6 Å². The number of hydrogen-bond donors (Lipinski definition) is 1. The Labute approximate surface area is 113 Å². The lowest BCUT2D eigenvalue weighted by Crippen LogP contribution is -1.94. The zero-order valence-electron chi connectivity index (χ0n) is 8.88. The number of rotatable bonds is 3. The topological polar surface area (TPSA) is 12.0 Å². The predicted molar refractivity (Wildman–Crippen MR) is 73.4 cm³/mol. The third-order valence-electron chi connectivity index (χ3n) is 2.31. The minimum Gasteiger partial charge on any atom is -0.353 e. The van der Waals surface area contributed by atoms with E-state index in [4.69, 9.17) is 11.6 Å². The number of hydrogen-bond acceptors (Lipinski definition) is 1. The van der Waals surface area contributed by atoms with E-state index >= 15 is 0 Å². The first-order valence-electron chi connectivity index (χ1n) is 5.06. The molecule has 0 radical (unpaired) electrons. The van der Waals surface area contributed by atoms with Crippen LogP contribution in [0.15, 0.2) is 46.9 Å². The number of alkyl halides is 1. The third kappa shape index (κ3) is 3.20. The van der Waals surface area contributed by atoms with Crippen LogP contribution in [0.3, 0.4) is 0 Å². The summed E-state index contributed by atoms with van der Waals surface area (Å²) in [5.74, 6) is 0.0803. The van der Waals surface area contributed by atoms with Crippen molar-refractivity contribution in [1.29, 1.82) is 0 Å². The summed E-state index contributed by atoms with van der Waals surface area (Å²) in [5, 5.41) is 3.02. The molecule has 0 aromatic heterocycles. The van der Waals surface area contributed by atoms with Gasteiger partial charge in [0.15, 0.2) is 0 Å². The van der Waals surface area contributed by atoms with Gasteiger partial charge in [-0.05, 0) is 42.0 Å². The van der Waals surface area contributed by atoms with Crippen LogP contribution in [0.25, 0.3) is 0 Å². The van der Waals surface area contributed by atoms with Crippen molar-refractivity contribution in [2.45, 2.75) is 5.88 Å². The first-order chi connectivity index (χ1) is 8.19. The van der Waals surface area contributed by atoms with Crippen molar-refractivity contribution in [3.63, 3.8) is 0 Å². The summed E-state index contributed by atoms with van der Waals surface area (Å²) in [6, 6.07) is 12.3. The fourth-order valence-electron chi connectivity index (χ4n) is 1.44. The second-order valence-electron chi connectivity index (χ2n) is 3.58. The molecule has 1 nitrogen and oxygen atoms in total. The highest BCUT2D eigenvalue weighted by atomic mass is 79.9. The molecule has 0 saturated heterocycles. The summed E-state index contributed by atoms with van der Waals surface area (Å²) >= 11 is 9.07. The largest absolute Gasteiger partial charge is 0.353 e. The van der Waals surface area contributed by atoms with Crippen molar-refractivity contribution in [2.24, 2.45) is 0 Å². The Hall–Kier alpha value is -1.06. The highest BCUT2D eigenvalue weighted by molar-refractivity contribution is 9.10. The molecule has 0 spiro atoms. The van der Waals surface area contributed by atoms with E-state index < -0.39 is 0 Å². The van der Waals surface area contributed by atoms with E-state index in [0.717, 1.165) is 15.7 Å². The molecule has 88 valence electrons. The Kier molecular flexibility index (Phi) is 4.02. The molecule has 0 amide bonds. The zero-order chi connectivity index (χ0) is 12.3. The molecule has 17 heavy (non-hydrogen) atoms. The maximum atomic E-state index is 13.6. The van der Waals surface area contributed by atoms with Crippen molar-refractivity contribution in [2.75, 3.05) is 5.32 Å². The highest BCUT2D eigenvalue weighted by Crippen LogP contribution is 2.23. The van der Waals surface area contributed by atoms with E-state index in [-0.39, 0.29) is 5.82 Å². The summed E-state index contributed by atoms with van der Waals surface area (Å²) < 4.78 is 14.5. The van der Waals surface area contributed by atoms with E-state index in [0.29, 0.717) is 11.6 Å². The van der Waals surface area contributed by atoms with Crippen LogP contribution < -0.4 is 5.32 Å². The fraction of sp³-hybridized carbons (Fsp3) is 0.0769. The van der Waals surface area contributed by atoms with Gasteiger partial charge in [0.1, 0.15) is 5.82 Å². The van der Waals surface area contributed by atoms with Gasteiger partial charge in [-0.3, -0.25) is 0 Å². The first-order valence-corrected chi connectivity index (χ1v) is 6.39. The molecule has 0 aliphatic heterocycles. The Bertz CT molecular complexity index is 513. The van der Waals surface area contributed by atoms with E-state index in [9.17, 15) is 4.39 Å². The number of halogens is 3. The molecule has 0 fully saturated rings. The van der Waals surface area contributed by atoms with Gasteiger partial charge in [0, 0.05) is 16.0 Å². The molecular weight excluding hydrogens is 305 g/mol. The number of benzene rings is 2. The molecule has 2 rings (SSSR count). The Morgan fingerprint density at radius 3 is 2.47 bits per heavy atom. The number of anilines is 2. The predicted octanol–water partition coefficient (Wildman–Crippen LogP) is 5.07. The SMILES string of the molecule is Fc1ccc(CCl)cc1Nc1ccc(Br)cc1. The average Bonchev–Trinajstić information content (AvgIpc) is 2.35. The molecule has 0 unspecified atom stereocenters. The molecule has 0 bridgehead atoms. The van der Waals surface area contributed by atoms with Gasteiger partial charge in [-0.25, -0.2) is 4.39 Å². The Morgan fingerprint density at radius 2 is 1.82 bits per heavy atom. The van der Waals surface area contributed by atoms with Crippen molar-refractivity contribution in [1.82, 2.24) is 0 Å². The van der Waals surface area contributed by atoms with Crippen molar-refractivity contribution >= 4 is 38.9 Å². The summed E-state index contributed by atoms with van der Waals surface area (Å²) in [4.78, 5) is 0. The maximum Gasteiger partial charge on any atom is 0.146 e. The molecule has 4 heteroatoms. The van der Waals surface area contributed by atoms with Gasteiger partial charge >= 0.3 is 0 Å². The second kappa shape index (κ2) is 5.52. The molecule has 2 aromatic carbocycles. The normalized spacial score (nSPS) is 10.3. The van der Waals surface area contributed by atoms with Crippen LogP contribution in [-0.2, 0) is 5.88 Å². The molecule has 2 aromatic rings. The van der Waals surface area contributed by atoms with Crippen LogP contribution in [-0.4, -0.2) is 0 Å². The van der Waals surface area contributed by atoms with Gasteiger partial charge in [-0.2, -0.15) is 0 Å². The van der Waals surface area contributed by atoms with Crippen molar-refractivity contribution in [3.8, 4) is 0 Å². The highest BCUT2D eigenvalue weighted by Gasteiger charge is 2.03. The lowest BCUT2D eigenvalue weighted by Gasteiger charge is -2.09. The van der Waals surface area contributed by atoms with Crippen molar-refractivity contribution < 1.29 is 4.39 Å². The molecule has 0 heterocycles. The molecule has 0 aliphatic carbocycles. The molecular formula is C13H10BrClFN. The van der Waals surface area contributed by atoms with Gasteiger partial charge in [0.2, 0.25) is 0 Å². The Morgan fingerprint density at radius 1 is 1.12 bits per heavy atom. The molecule has 0 saturated carbocycles. The lowest BCUT2D eigenvalue weighted by molar-refractivity contribution is 0.631. The monoisotopic (exact) mass is 313 g/mol. The fourth-order valence-corrected chi connectivity index (χ4v) is 1.87. The smallest absolute Gasteiger partial charge is 0.146 e. The molecule has 0 atom stereocenters. The van der Waals surface area contributed by atoms with Crippen molar-refractivity contribution in [3.05, 3.63) is 58.3 Å². The van der Waals surface area contributed by atoms with E-state index in [1.54, 1.807) is 12.1 Å². The minimum atomic E-state index is -0.290. The van der Waals surface area contributed by atoms with E-state index in [1.165, 1.54) is 6.07 Å². The second-order valence-corrected chi connectivity index (χ2v) is 4.76. The summed E-state index contributed by atoms with van der Waals surface area (Å²) in [6.07, 6.45) is 0. The van der Waals surface area contributed by atoms with Gasteiger partial charge in [-0.1, -0.05) is 22.0 Å².